The molecule has 0 aliphatic heterocycles. The van der Waals surface area contributed by atoms with Crippen LogP contribution in [0.4, 0.5) is 5.69 Å². The monoisotopic (exact) mass is 415 g/mol. The van der Waals surface area contributed by atoms with Crippen LogP contribution in [-0.2, 0) is 11.3 Å². The lowest BCUT2D eigenvalue weighted by Crippen LogP contribution is -2.29. The third-order valence-corrected chi connectivity index (χ3v) is 4.86. The minimum absolute atomic E-state index is 0.225. The van der Waals surface area contributed by atoms with E-state index in [9.17, 15) is 9.59 Å². The van der Waals surface area contributed by atoms with Crippen molar-refractivity contribution in [3.8, 4) is 22.8 Å². The molecule has 156 valence electrons. The van der Waals surface area contributed by atoms with Gasteiger partial charge in [-0.15, -0.1) is 0 Å². The highest BCUT2D eigenvalue weighted by Gasteiger charge is 2.11. The van der Waals surface area contributed by atoms with Gasteiger partial charge in [0.2, 0.25) is 5.91 Å². The zero-order valence-corrected chi connectivity index (χ0v) is 17.2. The average molecular weight is 415 g/mol. The van der Waals surface area contributed by atoms with Crippen molar-refractivity contribution in [1.29, 1.82) is 0 Å². The third-order valence-electron chi connectivity index (χ3n) is 4.86. The van der Waals surface area contributed by atoms with Crippen LogP contribution in [0, 0.1) is 0 Å². The number of benzene rings is 3. The second-order valence-electron chi connectivity index (χ2n) is 6.89. The van der Waals surface area contributed by atoms with Gasteiger partial charge in [0.15, 0.2) is 0 Å². The van der Waals surface area contributed by atoms with Crippen molar-refractivity contribution in [3.05, 3.63) is 83.2 Å². The van der Waals surface area contributed by atoms with Gasteiger partial charge in [-0.05, 0) is 16.8 Å². The molecular weight excluding hydrogens is 394 g/mol. The summed E-state index contributed by atoms with van der Waals surface area (Å²) in [5.74, 6) is 0.700. The maximum Gasteiger partial charge on any atom is 0.267 e. The Morgan fingerprint density at radius 3 is 2.39 bits per heavy atom. The number of hydrogen-bond donors (Lipinski definition) is 1. The number of aromatic nitrogens is 2. The molecule has 0 saturated heterocycles. The lowest BCUT2D eigenvalue weighted by atomic mass is 10.0. The summed E-state index contributed by atoms with van der Waals surface area (Å²) < 4.78 is 11.6. The molecule has 0 saturated carbocycles. The summed E-state index contributed by atoms with van der Waals surface area (Å²) in [5.41, 5.74) is 1.65. The first-order chi connectivity index (χ1) is 15.1. The number of methoxy groups -OCH3 is 2. The number of hydrogen-bond acceptors (Lipinski definition) is 5. The minimum atomic E-state index is -0.389. The van der Waals surface area contributed by atoms with Crippen LogP contribution in [0.15, 0.2) is 77.6 Å². The Hall–Kier alpha value is -4.13. The van der Waals surface area contributed by atoms with Crippen LogP contribution < -0.4 is 20.3 Å². The van der Waals surface area contributed by atoms with Crippen molar-refractivity contribution in [3.63, 3.8) is 0 Å². The average Bonchev–Trinajstić information content (AvgIpc) is 2.79. The Morgan fingerprint density at radius 1 is 0.935 bits per heavy atom. The van der Waals surface area contributed by atoms with Gasteiger partial charge in [0.05, 0.1) is 19.9 Å². The van der Waals surface area contributed by atoms with E-state index in [-0.39, 0.29) is 18.0 Å². The van der Waals surface area contributed by atoms with E-state index in [0.29, 0.717) is 22.9 Å². The standard InChI is InChI=1S/C24H21N3O4/c1-30-18-12-17(13-19(14-18)31-2)25-23(28)15-27-24(29)11-10-22(26-27)21-9-5-7-16-6-3-4-8-20(16)21/h3-14H,15H2,1-2H3,(H,25,28). The Kier molecular flexibility index (Phi) is 5.66. The fraction of sp³-hybridized carbons (Fsp3) is 0.125. The molecule has 0 radical (unpaired) electrons. The molecule has 0 aliphatic carbocycles. The highest BCUT2D eigenvalue weighted by atomic mass is 16.5. The summed E-state index contributed by atoms with van der Waals surface area (Å²) in [5, 5.41) is 9.29. The van der Waals surface area contributed by atoms with Crippen LogP contribution in [0.1, 0.15) is 0 Å². The second kappa shape index (κ2) is 8.71. The molecule has 0 unspecified atom stereocenters. The maximum absolute atomic E-state index is 12.6. The number of carbonyl (C=O) groups excluding carboxylic acids is 1. The first-order valence-corrected chi connectivity index (χ1v) is 9.66. The topological polar surface area (TPSA) is 82.5 Å². The lowest BCUT2D eigenvalue weighted by molar-refractivity contribution is -0.117. The van der Waals surface area contributed by atoms with Gasteiger partial charge in [-0.1, -0.05) is 42.5 Å². The van der Waals surface area contributed by atoms with Crippen LogP contribution in [0.25, 0.3) is 22.0 Å². The van der Waals surface area contributed by atoms with Gasteiger partial charge in [-0.3, -0.25) is 9.59 Å². The molecule has 0 fully saturated rings. The van der Waals surface area contributed by atoms with E-state index in [4.69, 9.17) is 9.47 Å². The Labute approximate surface area is 178 Å². The molecule has 1 amide bonds. The molecule has 7 heteroatoms. The number of amides is 1. The summed E-state index contributed by atoms with van der Waals surface area (Å²) in [6.45, 7) is -0.225. The molecule has 0 atom stereocenters. The number of carbonyl (C=O) groups is 1. The van der Waals surface area contributed by atoms with Crippen LogP contribution in [0.5, 0.6) is 11.5 Å². The Morgan fingerprint density at radius 2 is 1.65 bits per heavy atom. The maximum atomic E-state index is 12.6. The van der Waals surface area contributed by atoms with E-state index < -0.39 is 0 Å². The molecule has 0 spiro atoms. The molecule has 3 aromatic carbocycles. The number of anilines is 1. The molecule has 1 heterocycles. The van der Waals surface area contributed by atoms with Crippen molar-refractivity contribution in [1.82, 2.24) is 9.78 Å². The van der Waals surface area contributed by atoms with Crippen molar-refractivity contribution in [2.75, 3.05) is 19.5 Å². The van der Waals surface area contributed by atoms with Gasteiger partial charge in [0, 0.05) is 35.5 Å². The van der Waals surface area contributed by atoms with Gasteiger partial charge in [0.1, 0.15) is 18.0 Å². The van der Waals surface area contributed by atoms with Gasteiger partial charge < -0.3 is 14.8 Å². The van der Waals surface area contributed by atoms with Crippen LogP contribution in [0.3, 0.4) is 0 Å². The molecule has 4 aromatic rings. The summed E-state index contributed by atoms with van der Waals surface area (Å²) >= 11 is 0. The first kappa shape index (κ1) is 20.2. The van der Waals surface area contributed by atoms with E-state index in [1.807, 2.05) is 42.5 Å². The number of ether oxygens (including phenoxy) is 2. The van der Waals surface area contributed by atoms with E-state index in [0.717, 1.165) is 21.0 Å². The van der Waals surface area contributed by atoms with Crippen molar-refractivity contribution in [2.24, 2.45) is 0 Å². The number of nitrogens with zero attached hydrogens (tertiary/aromatic N) is 2. The molecule has 0 bridgehead atoms. The van der Waals surface area contributed by atoms with Crippen molar-refractivity contribution in [2.45, 2.75) is 6.54 Å². The number of nitrogens with one attached hydrogen (secondary N) is 1. The highest BCUT2D eigenvalue weighted by molar-refractivity contribution is 5.95. The van der Waals surface area contributed by atoms with E-state index >= 15 is 0 Å². The first-order valence-electron chi connectivity index (χ1n) is 9.66. The molecule has 31 heavy (non-hydrogen) atoms. The number of rotatable bonds is 6. The molecule has 7 nitrogen and oxygen atoms in total. The Bertz CT molecular complexity index is 1290. The van der Waals surface area contributed by atoms with Gasteiger partial charge >= 0.3 is 0 Å². The van der Waals surface area contributed by atoms with E-state index in [1.54, 1.807) is 24.3 Å². The SMILES string of the molecule is COc1cc(NC(=O)Cn2nc(-c3cccc4ccccc34)ccc2=O)cc(OC)c1. The predicted octanol–water partition coefficient (Wildman–Crippen LogP) is 3.72. The van der Waals surface area contributed by atoms with Gasteiger partial charge in [0.25, 0.3) is 5.56 Å². The zero-order chi connectivity index (χ0) is 21.8. The second-order valence-corrected chi connectivity index (χ2v) is 6.89. The van der Waals surface area contributed by atoms with E-state index in [2.05, 4.69) is 10.4 Å². The molecule has 1 aromatic heterocycles. The minimum Gasteiger partial charge on any atom is -0.497 e. The van der Waals surface area contributed by atoms with Crippen LogP contribution >= 0.6 is 0 Å². The Balaban J connectivity index is 1.61. The van der Waals surface area contributed by atoms with Gasteiger partial charge in [-0.2, -0.15) is 5.10 Å². The zero-order valence-electron chi connectivity index (χ0n) is 17.2. The normalized spacial score (nSPS) is 10.6. The van der Waals surface area contributed by atoms with E-state index in [1.165, 1.54) is 20.3 Å². The largest absolute Gasteiger partial charge is 0.497 e. The summed E-state index contributed by atoms with van der Waals surface area (Å²) in [6.07, 6.45) is 0. The summed E-state index contributed by atoms with van der Waals surface area (Å²) in [7, 11) is 3.06. The summed E-state index contributed by atoms with van der Waals surface area (Å²) in [6, 6.07) is 22.0. The third kappa shape index (κ3) is 4.40. The summed E-state index contributed by atoms with van der Waals surface area (Å²) in [4.78, 5) is 24.9. The molecule has 0 aliphatic rings. The number of fused-ring (bicyclic) bond motifs is 1. The quantitative estimate of drug-likeness (QED) is 0.519. The predicted molar refractivity (Wildman–Crippen MR) is 120 cm³/mol. The fourth-order valence-electron chi connectivity index (χ4n) is 3.37. The van der Waals surface area contributed by atoms with Crippen LogP contribution in [-0.4, -0.2) is 29.9 Å². The van der Waals surface area contributed by atoms with Crippen molar-refractivity contribution < 1.29 is 14.3 Å². The smallest absolute Gasteiger partial charge is 0.267 e. The van der Waals surface area contributed by atoms with Crippen LogP contribution in [0.2, 0.25) is 0 Å². The lowest BCUT2D eigenvalue weighted by Gasteiger charge is -2.11. The fourth-order valence-corrected chi connectivity index (χ4v) is 3.37. The molecule has 4 rings (SSSR count). The molecule has 1 N–H and O–H groups in total. The highest BCUT2D eigenvalue weighted by Crippen LogP contribution is 2.27. The molecular formula is C24H21N3O4. The van der Waals surface area contributed by atoms with Crippen molar-refractivity contribution >= 4 is 22.4 Å². The van der Waals surface area contributed by atoms with Gasteiger partial charge in [-0.25, -0.2) is 4.68 Å².